The van der Waals surface area contributed by atoms with Crippen molar-refractivity contribution in [3.63, 3.8) is 0 Å². The highest BCUT2D eigenvalue weighted by molar-refractivity contribution is 5.95. The molecule has 2 fully saturated rings. The summed E-state index contributed by atoms with van der Waals surface area (Å²) >= 11 is 0. The molecule has 2 heterocycles. The van der Waals surface area contributed by atoms with E-state index in [4.69, 9.17) is 9.26 Å². The predicted octanol–water partition coefficient (Wildman–Crippen LogP) is 2.16. The minimum absolute atomic E-state index is 0.0477. The first kappa shape index (κ1) is 16.6. The molecule has 2 aromatic rings. The maximum Gasteiger partial charge on any atom is 0.276 e. The van der Waals surface area contributed by atoms with Crippen LogP contribution in [0.4, 0.5) is 0 Å². The molecular formula is C19H21N3O4. The van der Waals surface area contributed by atoms with E-state index in [0.29, 0.717) is 49.1 Å². The van der Waals surface area contributed by atoms with E-state index in [2.05, 4.69) is 5.16 Å². The van der Waals surface area contributed by atoms with E-state index in [1.54, 1.807) is 47.2 Å². The molecule has 2 aliphatic rings. The van der Waals surface area contributed by atoms with Crippen LogP contribution in [0.2, 0.25) is 0 Å². The summed E-state index contributed by atoms with van der Waals surface area (Å²) in [6.45, 7) is 1.96. The van der Waals surface area contributed by atoms with Crippen LogP contribution in [0.25, 0.3) is 0 Å². The van der Waals surface area contributed by atoms with Gasteiger partial charge in [-0.25, -0.2) is 0 Å². The van der Waals surface area contributed by atoms with Crippen molar-refractivity contribution >= 4 is 11.8 Å². The molecule has 1 aromatic carbocycles. The van der Waals surface area contributed by atoms with Crippen LogP contribution in [0.15, 0.2) is 34.9 Å². The Morgan fingerprint density at radius 3 is 2.42 bits per heavy atom. The Morgan fingerprint density at radius 1 is 1.08 bits per heavy atom. The van der Waals surface area contributed by atoms with Crippen molar-refractivity contribution in [3.8, 4) is 5.75 Å². The van der Waals surface area contributed by atoms with Gasteiger partial charge in [-0.2, -0.15) is 0 Å². The quantitative estimate of drug-likeness (QED) is 0.840. The number of benzene rings is 1. The van der Waals surface area contributed by atoms with E-state index >= 15 is 0 Å². The van der Waals surface area contributed by atoms with Gasteiger partial charge >= 0.3 is 0 Å². The van der Waals surface area contributed by atoms with E-state index in [-0.39, 0.29) is 11.8 Å². The summed E-state index contributed by atoms with van der Waals surface area (Å²) in [6, 6.07) is 8.87. The van der Waals surface area contributed by atoms with E-state index in [1.807, 2.05) is 0 Å². The lowest BCUT2D eigenvalue weighted by Gasteiger charge is -2.34. The number of rotatable bonds is 4. The van der Waals surface area contributed by atoms with Gasteiger partial charge in [0.15, 0.2) is 5.69 Å². The largest absolute Gasteiger partial charge is 0.497 e. The van der Waals surface area contributed by atoms with Crippen LogP contribution in [-0.4, -0.2) is 60.1 Å². The smallest absolute Gasteiger partial charge is 0.276 e. The highest BCUT2D eigenvalue weighted by Crippen LogP contribution is 2.40. The van der Waals surface area contributed by atoms with Gasteiger partial charge < -0.3 is 19.1 Å². The molecule has 1 aliphatic heterocycles. The van der Waals surface area contributed by atoms with Crippen LogP contribution in [0.5, 0.6) is 5.75 Å². The zero-order valence-corrected chi connectivity index (χ0v) is 14.7. The third kappa shape index (κ3) is 3.29. The molecule has 0 unspecified atom stereocenters. The molecule has 7 nitrogen and oxygen atoms in total. The van der Waals surface area contributed by atoms with E-state index in [1.165, 1.54) is 0 Å². The summed E-state index contributed by atoms with van der Waals surface area (Å²) in [7, 11) is 1.58. The Labute approximate surface area is 151 Å². The van der Waals surface area contributed by atoms with Gasteiger partial charge in [-0.05, 0) is 31.0 Å². The fraction of sp³-hybridized carbons (Fsp3) is 0.421. The zero-order valence-electron chi connectivity index (χ0n) is 14.7. The number of carbonyl (C=O) groups is 2. The summed E-state index contributed by atoms with van der Waals surface area (Å²) in [5.74, 6) is 1.71. The highest BCUT2D eigenvalue weighted by atomic mass is 16.5. The van der Waals surface area contributed by atoms with Gasteiger partial charge in [-0.3, -0.25) is 9.59 Å². The van der Waals surface area contributed by atoms with Crippen LogP contribution < -0.4 is 4.74 Å². The van der Waals surface area contributed by atoms with Gasteiger partial charge in [0.2, 0.25) is 0 Å². The summed E-state index contributed by atoms with van der Waals surface area (Å²) in [4.78, 5) is 28.7. The summed E-state index contributed by atoms with van der Waals surface area (Å²) in [5, 5.41) is 3.91. The number of carbonyl (C=O) groups excluding carboxylic acids is 2. The third-order valence-electron chi connectivity index (χ3n) is 4.90. The first-order chi connectivity index (χ1) is 12.7. The van der Waals surface area contributed by atoms with Crippen molar-refractivity contribution < 1.29 is 18.8 Å². The molecule has 2 amide bonds. The first-order valence-corrected chi connectivity index (χ1v) is 8.85. The molecule has 1 saturated carbocycles. The van der Waals surface area contributed by atoms with Crippen molar-refractivity contribution in [1.82, 2.24) is 15.0 Å². The van der Waals surface area contributed by atoms with E-state index in [9.17, 15) is 9.59 Å². The zero-order chi connectivity index (χ0) is 18.1. The number of hydrogen-bond acceptors (Lipinski definition) is 5. The summed E-state index contributed by atoms with van der Waals surface area (Å²) < 4.78 is 10.4. The normalized spacial score (nSPS) is 17.3. The maximum atomic E-state index is 12.6. The number of methoxy groups -OCH3 is 1. The summed E-state index contributed by atoms with van der Waals surface area (Å²) in [6.07, 6.45) is 2.21. The van der Waals surface area contributed by atoms with Crippen LogP contribution in [0.1, 0.15) is 45.4 Å². The first-order valence-electron chi connectivity index (χ1n) is 8.85. The minimum atomic E-state index is -0.130. The molecule has 0 bridgehead atoms. The lowest BCUT2D eigenvalue weighted by molar-refractivity contribution is 0.0529. The molecule has 0 atom stereocenters. The number of nitrogens with zero attached hydrogens (tertiary/aromatic N) is 3. The van der Waals surface area contributed by atoms with Crippen molar-refractivity contribution in [2.45, 2.75) is 18.8 Å². The second-order valence-electron chi connectivity index (χ2n) is 6.71. The number of piperazine rings is 1. The molecule has 26 heavy (non-hydrogen) atoms. The van der Waals surface area contributed by atoms with E-state index < -0.39 is 0 Å². The molecule has 0 spiro atoms. The van der Waals surface area contributed by atoms with Gasteiger partial charge in [-0.15, -0.1) is 0 Å². The Bertz CT molecular complexity index is 820. The van der Waals surface area contributed by atoms with Crippen molar-refractivity contribution in [2.75, 3.05) is 33.3 Å². The molecule has 4 rings (SSSR count). The fourth-order valence-corrected chi connectivity index (χ4v) is 3.16. The molecule has 7 heteroatoms. The van der Waals surface area contributed by atoms with Crippen molar-refractivity contribution in [3.05, 3.63) is 47.3 Å². The van der Waals surface area contributed by atoms with Gasteiger partial charge in [0.25, 0.3) is 11.8 Å². The molecule has 1 aromatic heterocycles. The van der Waals surface area contributed by atoms with E-state index in [0.717, 1.165) is 18.6 Å². The summed E-state index contributed by atoms with van der Waals surface area (Å²) in [5.41, 5.74) is 0.953. The van der Waals surface area contributed by atoms with Crippen LogP contribution in [0.3, 0.4) is 0 Å². The molecule has 0 N–H and O–H groups in total. The van der Waals surface area contributed by atoms with Crippen LogP contribution >= 0.6 is 0 Å². The average Bonchev–Trinajstić information content (AvgIpc) is 3.44. The highest BCUT2D eigenvalue weighted by Gasteiger charge is 2.31. The van der Waals surface area contributed by atoms with Gasteiger partial charge in [0.05, 0.1) is 7.11 Å². The number of aromatic nitrogens is 1. The Hall–Kier alpha value is -2.83. The number of ether oxygens (including phenoxy) is 1. The van der Waals surface area contributed by atoms with Gasteiger partial charge in [0.1, 0.15) is 11.5 Å². The minimum Gasteiger partial charge on any atom is -0.497 e. The number of amides is 2. The molecule has 1 saturated heterocycles. The fourth-order valence-electron chi connectivity index (χ4n) is 3.16. The lowest BCUT2D eigenvalue weighted by atomic mass is 10.1. The SMILES string of the molecule is COc1cccc(C(=O)N2CCN(C(=O)c3cc(C4CC4)on3)CC2)c1. The van der Waals surface area contributed by atoms with Crippen LogP contribution in [0, 0.1) is 0 Å². The van der Waals surface area contributed by atoms with Crippen LogP contribution in [-0.2, 0) is 0 Å². The second kappa shape index (κ2) is 6.82. The van der Waals surface area contributed by atoms with Crippen molar-refractivity contribution in [2.24, 2.45) is 0 Å². The van der Waals surface area contributed by atoms with Crippen molar-refractivity contribution in [1.29, 1.82) is 0 Å². The molecular weight excluding hydrogens is 334 g/mol. The Morgan fingerprint density at radius 2 is 1.77 bits per heavy atom. The average molecular weight is 355 g/mol. The van der Waals surface area contributed by atoms with Gasteiger partial charge in [-0.1, -0.05) is 11.2 Å². The monoisotopic (exact) mass is 355 g/mol. The number of hydrogen-bond donors (Lipinski definition) is 0. The molecule has 0 radical (unpaired) electrons. The maximum absolute atomic E-state index is 12.6. The lowest BCUT2D eigenvalue weighted by Crippen LogP contribution is -2.50. The Kier molecular flexibility index (Phi) is 4.36. The topological polar surface area (TPSA) is 75.9 Å². The molecule has 136 valence electrons. The van der Waals surface area contributed by atoms with Gasteiger partial charge in [0, 0.05) is 43.7 Å². The molecule has 1 aliphatic carbocycles. The second-order valence-corrected chi connectivity index (χ2v) is 6.71. The third-order valence-corrected chi connectivity index (χ3v) is 4.90. The Balaban J connectivity index is 1.36. The standard InChI is InChI=1S/C19H21N3O4/c1-25-15-4-2-3-14(11-15)18(23)21-7-9-22(10-8-21)19(24)16-12-17(26-20-16)13-5-6-13/h2-4,11-13H,5-10H2,1H3. The predicted molar refractivity (Wildman–Crippen MR) is 93.3 cm³/mol.